The third-order valence-electron chi connectivity index (χ3n) is 0.822. The summed E-state index contributed by atoms with van der Waals surface area (Å²) in [6.07, 6.45) is 0.660. The maximum Gasteiger partial charge on any atom is 0.110 e. The predicted octanol–water partition coefficient (Wildman–Crippen LogP) is 0.700. The number of nitrogens with two attached hydrogens (primary N) is 1. The van der Waals surface area contributed by atoms with Gasteiger partial charge >= 0.3 is 0 Å². The summed E-state index contributed by atoms with van der Waals surface area (Å²) in [5, 5.41) is 8.97. The summed E-state index contributed by atoms with van der Waals surface area (Å²) < 4.78 is 0. The molecule has 0 saturated heterocycles. The first-order valence-corrected chi connectivity index (χ1v) is 2.93. The predicted molar refractivity (Wildman–Crippen MR) is 34.3 cm³/mol. The first-order chi connectivity index (χ1) is 3.42. The lowest BCUT2D eigenvalue weighted by atomic mass is 10.0. The van der Waals surface area contributed by atoms with E-state index in [1.807, 2.05) is 13.8 Å². The van der Waals surface area contributed by atoms with Crippen LogP contribution in [0.4, 0.5) is 0 Å². The molecule has 2 heteroatoms. The molecule has 0 aromatic heterocycles. The third kappa shape index (κ3) is 5.92. The number of rotatable bonds is 2. The van der Waals surface area contributed by atoms with Crippen molar-refractivity contribution in [3.05, 3.63) is 0 Å². The molecule has 2 nitrogen and oxygen atoms in total. The van der Waals surface area contributed by atoms with Gasteiger partial charge in [-0.3, -0.25) is 0 Å². The Morgan fingerprint density at radius 1 is 1.62 bits per heavy atom. The Morgan fingerprint density at radius 2 is 2.00 bits per heavy atom. The molecule has 0 saturated carbocycles. The second-order valence-electron chi connectivity index (χ2n) is 2.96. The zero-order valence-electron chi connectivity index (χ0n) is 5.81. The van der Waals surface area contributed by atoms with E-state index in [9.17, 15) is 0 Å². The summed E-state index contributed by atoms with van der Waals surface area (Å²) in [4.78, 5) is 0. The quantitative estimate of drug-likeness (QED) is 0.523. The Balaban J connectivity index is 3.39. The van der Waals surface area contributed by atoms with E-state index in [1.54, 1.807) is 6.92 Å². The van der Waals surface area contributed by atoms with Crippen molar-refractivity contribution in [2.24, 2.45) is 11.7 Å². The standard InChI is InChI=1S/C6H15NO/c1-5(2)4-6(3,7)8/h5,8H,4,7H2,1-3H3. The van der Waals surface area contributed by atoms with Crippen LogP contribution < -0.4 is 5.73 Å². The van der Waals surface area contributed by atoms with Crippen molar-refractivity contribution >= 4 is 0 Å². The lowest BCUT2D eigenvalue weighted by molar-refractivity contribution is 0.0452. The van der Waals surface area contributed by atoms with Gasteiger partial charge in [-0.2, -0.15) is 0 Å². The zero-order valence-corrected chi connectivity index (χ0v) is 5.81. The smallest absolute Gasteiger partial charge is 0.110 e. The summed E-state index contributed by atoms with van der Waals surface area (Å²) >= 11 is 0. The first-order valence-electron chi connectivity index (χ1n) is 2.93. The van der Waals surface area contributed by atoms with E-state index in [-0.39, 0.29) is 0 Å². The maximum atomic E-state index is 8.97. The zero-order chi connectivity index (χ0) is 6.78. The van der Waals surface area contributed by atoms with Crippen LogP contribution in [0.3, 0.4) is 0 Å². The van der Waals surface area contributed by atoms with Crippen molar-refractivity contribution in [1.29, 1.82) is 0 Å². The monoisotopic (exact) mass is 117 g/mol. The number of hydrogen-bond acceptors (Lipinski definition) is 2. The van der Waals surface area contributed by atoms with Gasteiger partial charge in [0.25, 0.3) is 0 Å². The largest absolute Gasteiger partial charge is 0.376 e. The molecule has 0 bridgehead atoms. The van der Waals surface area contributed by atoms with Gasteiger partial charge in [-0.15, -0.1) is 0 Å². The van der Waals surface area contributed by atoms with Crippen LogP contribution in [0.15, 0.2) is 0 Å². The Morgan fingerprint density at radius 3 is 2.00 bits per heavy atom. The van der Waals surface area contributed by atoms with Crippen LogP contribution in [0.1, 0.15) is 27.2 Å². The third-order valence-corrected chi connectivity index (χ3v) is 0.822. The topological polar surface area (TPSA) is 46.2 Å². The molecule has 0 rings (SSSR count). The molecule has 50 valence electrons. The molecule has 0 spiro atoms. The minimum atomic E-state index is -0.978. The van der Waals surface area contributed by atoms with Gasteiger partial charge in [0.2, 0.25) is 0 Å². The minimum Gasteiger partial charge on any atom is -0.376 e. The lowest BCUT2D eigenvalue weighted by Crippen LogP contribution is -2.36. The van der Waals surface area contributed by atoms with Gasteiger partial charge in [-0.25, -0.2) is 0 Å². The van der Waals surface area contributed by atoms with Gasteiger partial charge in [-0.1, -0.05) is 13.8 Å². The highest BCUT2D eigenvalue weighted by Gasteiger charge is 2.13. The summed E-state index contributed by atoms with van der Waals surface area (Å²) in [7, 11) is 0. The van der Waals surface area contributed by atoms with E-state index in [0.29, 0.717) is 12.3 Å². The van der Waals surface area contributed by atoms with Gasteiger partial charge in [0.1, 0.15) is 5.72 Å². The molecular formula is C6H15NO. The highest BCUT2D eigenvalue weighted by molar-refractivity contribution is 4.64. The van der Waals surface area contributed by atoms with Crippen LogP contribution in [0.25, 0.3) is 0 Å². The molecule has 0 aromatic carbocycles. The SMILES string of the molecule is CC(C)CC(C)(N)O. The van der Waals surface area contributed by atoms with Gasteiger partial charge in [0.15, 0.2) is 0 Å². The van der Waals surface area contributed by atoms with Crippen molar-refractivity contribution < 1.29 is 5.11 Å². The van der Waals surface area contributed by atoms with Crippen molar-refractivity contribution in [2.75, 3.05) is 0 Å². The molecule has 0 aliphatic heterocycles. The summed E-state index contributed by atoms with van der Waals surface area (Å²) in [6, 6.07) is 0. The van der Waals surface area contributed by atoms with E-state index >= 15 is 0 Å². The van der Waals surface area contributed by atoms with Gasteiger partial charge in [-0.05, 0) is 19.3 Å². The Labute approximate surface area is 50.7 Å². The second-order valence-corrected chi connectivity index (χ2v) is 2.96. The Hall–Kier alpha value is -0.0800. The molecule has 0 aliphatic carbocycles. The fraction of sp³-hybridized carbons (Fsp3) is 1.00. The highest BCUT2D eigenvalue weighted by Crippen LogP contribution is 2.08. The van der Waals surface area contributed by atoms with Crippen LogP contribution in [0, 0.1) is 5.92 Å². The molecule has 8 heavy (non-hydrogen) atoms. The van der Waals surface area contributed by atoms with Crippen LogP contribution in [0.2, 0.25) is 0 Å². The maximum absolute atomic E-state index is 8.97. The average molecular weight is 117 g/mol. The number of hydrogen-bond donors (Lipinski definition) is 2. The summed E-state index contributed by atoms with van der Waals surface area (Å²) in [6.45, 7) is 5.68. The molecule has 0 radical (unpaired) electrons. The Bertz CT molecular complexity index is 63.4. The van der Waals surface area contributed by atoms with Crippen molar-refractivity contribution in [3.8, 4) is 0 Å². The first kappa shape index (κ1) is 7.92. The van der Waals surface area contributed by atoms with E-state index in [4.69, 9.17) is 10.8 Å². The van der Waals surface area contributed by atoms with Crippen LogP contribution >= 0.6 is 0 Å². The minimum absolute atomic E-state index is 0.468. The van der Waals surface area contributed by atoms with Crippen LogP contribution in [0.5, 0.6) is 0 Å². The van der Waals surface area contributed by atoms with Gasteiger partial charge in [0, 0.05) is 0 Å². The molecule has 1 atom stereocenters. The average Bonchev–Trinajstić information content (AvgIpc) is 1.21. The summed E-state index contributed by atoms with van der Waals surface area (Å²) in [5.74, 6) is 0.468. The molecule has 0 fully saturated rings. The molecule has 1 unspecified atom stereocenters. The van der Waals surface area contributed by atoms with E-state index in [1.165, 1.54) is 0 Å². The van der Waals surface area contributed by atoms with Crippen molar-refractivity contribution in [1.82, 2.24) is 0 Å². The van der Waals surface area contributed by atoms with E-state index in [0.717, 1.165) is 0 Å². The Kier molecular flexibility index (Phi) is 2.44. The van der Waals surface area contributed by atoms with Crippen LogP contribution in [-0.4, -0.2) is 10.8 Å². The molecule has 0 aromatic rings. The van der Waals surface area contributed by atoms with Crippen molar-refractivity contribution in [2.45, 2.75) is 32.9 Å². The molecule has 0 aliphatic rings. The molecule has 0 heterocycles. The fourth-order valence-electron chi connectivity index (χ4n) is 0.827. The second kappa shape index (κ2) is 2.46. The molecule has 0 amide bonds. The number of aliphatic hydroxyl groups is 1. The highest BCUT2D eigenvalue weighted by atomic mass is 16.3. The van der Waals surface area contributed by atoms with E-state index < -0.39 is 5.72 Å². The van der Waals surface area contributed by atoms with Crippen LogP contribution in [-0.2, 0) is 0 Å². The molecule has 3 N–H and O–H groups in total. The van der Waals surface area contributed by atoms with Crippen molar-refractivity contribution in [3.63, 3.8) is 0 Å². The summed E-state index contributed by atoms with van der Waals surface area (Å²) in [5.41, 5.74) is 4.31. The van der Waals surface area contributed by atoms with Gasteiger partial charge < -0.3 is 10.8 Å². The van der Waals surface area contributed by atoms with Gasteiger partial charge in [0.05, 0.1) is 0 Å². The fourth-order valence-corrected chi connectivity index (χ4v) is 0.827. The molecular weight excluding hydrogens is 102 g/mol. The lowest BCUT2D eigenvalue weighted by Gasteiger charge is -2.18. The van der Waals surface area contributed by atoms with E-state index in [2.05, 4.69) is 0 Å². The normalized spacial score (nSPS) is 18.8.